The van der Waals surface area contributed by atoms with Crippen LogP contribution in [0.25, 0.3) is 0 Å². The highest BCUT2D eigenvalue weighted by Gasteiger charge is 2.32. The maximum atomic E-state index is 12.9. The molecule has 1 atom stereocenters. The molecule has 0 aliphatic carbocycles. The van der Waals surface area contributed by atoms with Crippen molar-refractivity contribution in [3.05, 3.63) is 47.7 Å². The highest BCUT2D eigenvalue weighted by molar-refractivity contribution is 5.93. The van der Waals surface area contributed by atoms with Gasteiger partial charge in [0.1, 0.15) is 0 Å². The fraction of sp³-hybridized carbons (Fsp3) is 0.444. The maximum absolute atomic E-state index is 12.9. The van der Waals surface area contributed by atoms with Crippen molar-refractivity contribution < 1.29 is 14.1 Å². The van der Waals surface area contributed by atoms with Gasteiger partial charge in [-0.05, 0) is 18.4 Å². The average Bonchev–Trinajstić information content (AvgIpc) is 3.32. The number of carbonyl (C=O) groups is 1. The third-order valence-electron chi connectivity index (χ3n) is 4.74. The summed E-state index contributed by atoms with van der Waals surface area (Å²) in [7, 11) is 0. The van der Waals surface area contributed by atoms with E-state index in [0.29, 0.717) is 24.8 Å². The summed E-state index contributed by atoms with van der Waals surface area (Å²) in [5.74, 6) is 0.599. The van der Waals surface area contributed by atoms with Gasteiger partial charge in [-0.1, -0.05) is 35.5 Å². The largest absolute Gasteiger partial charge is 0.378 e. The molecular formula is C18H21N3O3. The van der Waals surface area contributed by atoms with Crippen molar-refractivity contribution in [1.29, 1.82) is 0 Å². The first-order chi connectivity index (χ1) is 11.8. The molecule has 24 heavy (non-hydrogen) atoms. The lowest BCUT2D eigenvalue weighted by molar-refractivity contribution is 0.0725. The van der Waals surface area contributed by atoms with Crippen molar-refractivity contribution in [2.75, 3.05) is 37.7 Å². The highest BCUT2D eigenvalue weighted by Crippen LogP contribution is 2.33. The lowest BCUT2D eigenvalue weighted by Crippen LogP contribution is -2.36. The Bertz CT molecular complexity index is 695. The Morgan fingerprint density at radius 2 is 1.92 bits per heavy atom. The Morgan fingerprint density at radius 1 is 1.12 bits per heavy atom. The van der Waals surface area contributed by atoms with E-state index in [4.69, 9.17) is 9.26 Å². The first kappa shape index (κ1) is 15.2. The molecule has 0 radical (unpaired) electrons. The summed E-state index contributed by atoms with van der Waals surface area (Å²) >= 11 is 0. The predicted molar refractivity (Wildman–Crippen MR) is 89.0 cm³/mol. The number of rotatable bonds is 3. The monoisotopic (exact) mass is 327 g/mol. The summed E-state index contributed by atoms with van der Waals surface area (Å²) < 4.78 is 10.7. The van der Waals surface area contributed by atoms with Gasteiger partial charge in [-0.15, -0.1) is 0 Å². The van der Waals surface area contributed by atoms with Crippen LogP contribution in [0.3, 0.4) is 0 Å². The van der Waals surface area contributed by atoms with Crippen molar-refractivity contribution >= 4 is 11.8 Å². The van der Waals surface area contributed by atoms with Gasteiger partial charge < -0.3 is 19.1 Å². The zero-order valence-corrected chi connectivity index (χ0v) is 13.6. The van der Waals surface area contributed by atoms with Crippen LogP contribution in [0.15, 0.2) is 40.9 Å². The minimum atomic E-state index is -0.0513. The van der Waals surface area contributed by atoms with Crippen LogP contribution in [0, 0.1) is 0 Å². The molecule has 6 heteroatoms. The molecule has 1 amide bonds. The number of anilines is 1. The molecule has 0 bridgehead atoms. The van der Waals surface area contributed by atoms with Crippen LogP contribution < -0.4 is 4.90 Å². The van der Waals surface area contributed by atoms with Crippen LogP contribution in [0.1, 0.15) is 34.9 Å². The number of carbonyl (C=O) groups excluding carboxylic acids is 1. The number of ether oxygens (including phenoxy) is 1. The molecule has 4 rings (SSSR count). The minimum absolute atomic E-state index is 0.0513. The van der Waals surface area contributed by atoms with Gasteiger partial charge in [0.15, 0.2) is 5.69 Å². The van der Waals surface area contributed by atoms with Crippen molar-refractivity contribution in [3.63, 3.8) is 0 Å². The molecule has 0 spiro atoms. The van der Waals surface area contributed by atoms with Gasteiger partial charge in [-0.3, -0.25) is 4.79 Å². The quantitative estimate of drug-likeness (QED) is 0.867. The maximum Gasteiger partial charge on any atom is 0.276 e. The van der Waals surface area contributed by atoms with Crippen LogP contribution in [0.2, 0.25) is 0 Å². The second-order valence-corrected chi connectivity index (χ2v) is 6.22. The number of hydrogen-bond acceptors (Lipinski definition) is 5. The highest BCUT2D eigenvalue weighted by atomic mass is 16.5. The number of aromatic nitrogens is 1. The van der Waals surface area contributed by atoms with Gasteiger partial charge in [-0.25, -0.2) is 0 Å². The first-order valence-corrected chi connectivity index (χ1v) is 8.48. The van der Waals surface area contributed by atoms with Crippen molar-refractivity contribution in [2.24, 2.45) is 0 Å². The molecule has 0 unspecified atom stereocenters. The Labute approximate surface area is 141 Å². The zero-order valence-electron chi connectivity index (χ0n) is 13.6. The van der Waals surface area contributed by atoms with E-state index < -0.39 is 0 Å². The van der Waals surface area contributed by atoms with E-state index in [0.717, 1.165) is 32.5 Å². The van der Waals surface area contributed by atoms with Crippen molar-refractivity contribution in [3.8, 4) is 0 Å². The first-order valence-electron chi connectivity index (χ1n) is 8.48. The summed E-state index contributed by atoms with van der Waals surface area (Å²) in [6.45, 7) is 3.63. The molecule has 2 aromatic rings. The Morgan fingerprint density at radius 3 is 2.71 bits per heavy atom. The molecule has 126 valence electrons. The van der Waals surface area contributed by atoms with Crippen molar-refractivity contribution in [2.45, 2.75) is 18.9 Å². The van der Waals surface area contributed by atoms with Crippen LogP contribution in [0.5, 0.6) is 0 Å². The Balaban J connectivity index is 1.51. The number of amides is 1. The molecule has 6 nitrogen and oxygen atoms in total. The number of benzene rings is 1. The molecule has 2 aliphatic rings. The van der Waals surface area contributed by atoms with Crippen molar-refractivity contribution in [1.82, 2.24) is 10.1 Å². The van der Waals surface area contributed by atoms with E-state index in [1.807, 2.05) is 23.1 Å². The summed E-state index contributed by atoms with van der Waals surface area (Å²) in [6.07, 6.45) is 2.00. The molecular weight excluding hydrogens is 306 g/mol. The normalized spacial score (nSPS) is 21.2. The minimum Gasteiger partial charge on any atom is -0.378 e. The van der Waals surface area contributed by atoms with Crippen LogP contribution in [0.4, 0.5) is 5.88 Å². The van der Waals surface area contributed by atoms with Crippen LogP contribution in [-0.2, 0) is 4.74 Å². The second-order valence-electron chi connectivity index (χ2n) is 6.22. The lowest BCUT2D eigenvalue weighted by Gasteiger charge is -2.25. The summed E-state index contributed by atoms with van der Waals surface area (Å²) in [5.41, 5.74) is 1.57. The molecule has 1 aromatic heterocycles. The van der Waals surface area contributed by atoms with E-state index in [1.165, 1.54) is 5.56 Å². The molecule has 1 aromatic carbocycles. The molecule has 2 saturated heterocycles. The number of morpholine rings is 1. The van der Waals surface area contributed by atoms with Gasteiger partial charge in [-0.2, -0.15) is 0 Å². The van der Waals surface area contributed by atoms with E-state index >= 15 is 0 Å². The molecule has 2 aliphatic heterocycles. The summed E-state index contributed by atoms with van der Waals surface area (Å²) in [4.78, 5) is 16.9. The van der Waals surface area contributed by atoms with E-state index in [2.05, 4.69) is 22.2 Å². The van der Waals surface area contributed by atoms with E-state index in [-0.39, 0.29) is 11.9 Å². The molecule has 3 heterocycles. The number of hydrogen-bond donors (Lipinski definition) is 0. The smallest absolute Gasteiger partial charge is 0.276 e. The summed E-state index contributed by atoms with van der Waals surface area (Å²) in [5, 5.41) is 4.02. The Hall–Kier alpha value is -2.34. The third-order valence-corrected chi connectivity index (χ3v) is 4.74. The number of likely N-dealkylation sites (tertiary alicyclic amines) is 1. The second kappa shape index (κ2) is 6.65. The fourth-order valence-electron chi connectivity index (χ4n) is 3.48. The standard InChI is InChI=1S/C18H21N3O3/c22-18(15-13-17(24-19-15)20-9-11-23-12-10-20)21-8-4-7-16(21)14-5-2-1-3-6-14/h1-3,5-6,13,16H,4,7-12H2/t16-/m0/s1. The van der Waals surface area contributed by atoms with Gasteiger partial charge in [0, 0.05) is 25.7 Å². The van der Waals surface area contributed by atoms with Gasteiger partial charge in [0.2, 0.25) is 5.88 Å². The zero-order chi connectivity index (χ0) is 16.4. The third kappa shape index (κ3) is 2.89. The summed E-state index contributed by atoms with van der Waals surface area (Å²) in [6, 6.07) is 12.1. The SMILES string of the molecule is O=C(c1cc(N2CCOCC2)on1)N1CCC[C@H]1c1ccccc1. The van der Waals surface area contributed by atoms with Gasteiger partial charge in [0.05, 0.1) is 19.3 Å². The van der Waals surface area contributed by atoms with E-state index in [1.54, 1.807) is 6.07 Å². The van der Waals surface area contributed by atoms with Crippen LogP contribution >= 0.6 is 0 Å². The predicted octanol–water partition coefficient (Wildman–Crippen LogP) is 2.49. The molecule has 0 saturated carbocycles. The molecule has 0 N–H and O–H groups in total. The van der Waals surface area contributed by atoms with Gasteiger partial charge in [0.25, 0.3) is 5.91 Å². The molecule has 2 fully saturated rings. The van der Waals surface area contributed by atoms with Gasteiger partial charge >= 0.3 is 0 Å². The Kier molecular flexibility index (Phi) is 4.21. The fourth-order valence-corrected chi connectivity index (χ4v) is 3.48. The average molecular weight is 327 g/mol. The number of nitrogens with zero attached hydrogens (tertiary/aromatic N) is 3. The van der Waals surface area contributed by atoms with E-state index in [9.17, 15) is 4.79 Å². The topological polar surface area (TPSA) is 58.8 Å². The lowest BCUT2D eigenvalue weighted by atomic mass is 10.0. The van der Waals surface area contributed by atoms with Crippen LogP contribution in [-0.4, -0.2) is 48.8 Å².